The summed E-state index contributed by atoms with van der Waals surface area (Å²) in [5.74, 6) is 0.572. The van der Waals surface area contributed by atoms with Gasteiger partial charge in [-0.1, -0.05) is 0 Å². The van der Waals surface area contributed by atoms with Crippen LogP contribution in [-0.2, 0) is 21.9 Å². The second-order valence-electron chi connectivity index (χ2n) is 10.2. The fraction of sp³-hybridized carbons (Fsp3) is 0.571. The number of rotatable bonds is 4. The minimum Gasteiger partial charge on any atom is -1.00 e. The predicted octanol–water partition coefficient (Wildman–Crippen LogP) is 2.23. The molecule has 171 valence electrons. The van der Waals surface area contributed by atoms with E-state index in [-0.39, 0.29) is 30.2 Å². The Morgan fingerprint density at radius 3 is 1.84 bits per heavy atom. The van der Waals surface area contributed by atoms with Gasteiger partial charge >= 0.3 is 196 Å². The van der Waals surface area contributed by atoms with Crippen molar-refractivity contribution in [1.82, 2.24) is 0 Å². The topological polar surface area (TPSA) is 0 Å². The predicted molar refractivity (Wildman–Crippen MR) is 128 cm³/mol. The van der Waals surface area contributed by atoms with Crippen LogP contribution in [0.15, 0.2) is 42.0 Å². The van der Waals surface area contributed by atoms with Crippen molar-refractivity contribution in [1.29, 1.82) is 0 Å². The van der Waals surface area contributed by atoms with Gasteiger partial charge in [-0.25, -0.2) is 0 Å². The van der Waals surface area contributed by atoms with Crippen LogP contribution in [0.25, 0.3) is 6.08 Å². The van der Waals surface area contributed by atoms with Crippen LogP contribution in [0.2, 0.25) is 11.1 Å². The molecule has 2 saturated carbocycles. The van der Waals surface area contributed by atoms with E-state index in [1.807, 2.05) is 0 Å². The van der Waals surface area contributed by atoms with Gasteiger partial charge in [0.25, 0.3) is 0 Å². The van der Waals surface area contributed by atoms with E-state index < -0.39 is 21.9 Å². The second-order valence-corrected chi connectivity index (χ2v) is 20.8. The zero-order valence-electron chi connectivity index (χ0n) is 19.7. The van der Waals surface area contributed by atoms with E-state index in [9.17, 15) is 0 Å². The van der Waals surface area contributed by atoms with Crippen LogP contribution in [0.4, 0.5) is 0 Å². The standard InChI is InChI=1S/C16H15.C12H22Si.2ClH.Zr/c1-11-7-8-12(2)16-10-14(9-15(11)16)13-5-3-4-6-13;1-3-7-11(8-4-1)13-12-9-5-2-6-10-12;;;/h3-10,13H,1-2H3;11-12H,1-10H2;2*1H;/q;;;;+2/p-2. The fourth-order valence-corrected chi connectivity index (χ4v) is 24.5. The Morgan fingerprint density at radius 2 is 1.28 bits per heavy atom. The van der Waals surface area contributed by atoms with Gasteiger partial charge in [-0.3, -0.25) is 0 Å². The normalized spacial score (nSPS) is 23.2. The molecule has 0 heterocycles. The molecular weight excluding hydrogens is 527 g/mol. The van der Waals surface area contributed by atoms with Crippen molar-refractivity contribution >= 4 is 11.5 Å². The quantitative estimate of drug-likeness (QED) is 0.493. The zero-order valence-corrected chi connectivity index (χ0v) is 24.6. The molecule has 2 fully saturated rings. The van der Waals surface area contributed by atoms with Crippen LogP contribution in [0, 0.1) is 19.8 Å². The van der Waals surface area contributed by atoms with E-state index in [1.165, 1.54) is 44.1 Å². The van der Waals surface area contributed by atoms with E-state index in [2.05, 4.69) is 56.4 Å². The molecule has 0 aromatic heterocycles. The van der Waals surface area contributed by atoms with Crippen LogP contribution < -0.4 is 24.8 Å². The maximum atomic E-state index is 2.65. The number of aryl methyl sites for hydroxylation is 2. The number of benzene rings is 1. The molecule has 0 aliphatic heterocycles. The molecule has 0 saturated heterocycles. The summed E-state index contributed by atoms with van der Waals surface area (Å²) in [5.41, 5.74) is 10.4. The number of hydrogen-bond donors (Lipinski definition) is 0. The molecule has 32 heavy (non-hydrogen) atoms. The molecule has 0 radical (unpaired) electrons. The Balaban J connectivity index is 0.00000144. The molecule has 4 aliphatic carbocycles. The summed E-state index contributed by atoms with van der Waals surface area (Å²) in [7, 11) is 0. The third kappa shape index (κ3) is 5.50. The van der Waals surface area contributed by atoms with Crippen molar-refractivity contribution in [3.05, 3.63) is 64.3 Å². The van der Waals surface area contributed by atoms with Gasteiger partial charge in [0, 0.05) is 0 Å². The molecule has 1 unspecified atom stereocenters. The van der Waals surface area contributed by atoms with Crippen molar-refractivity contribution in [3.8, 4) is 0 Å². The Labute approximate surface area is 219 Å². The zero-order chi connectivity index (χ0) is 20.5. The van der Waals surface area contributed by atoms with Gasteiger partial charge in [-0.05, 0) is 0 Å². The summed E-state index contributed by atoms with van der Waals surface area (Å²) in [6.07, 6.45) is 27.6. The van der Waals surface area contributed by atoms with Crippen LogP contribution >= 0.6 is 0 Å². The third-order valence-electron chi connectivity index (χ3n) is 8.19. The molecule has 4 aliphatic rings. The molecule has 0 N–H and O–H groups in total. The van der Waals surface area contributed by atoms with E-state index in [0.29, 0.717) is 5.92 Å². The summed E-state index contributed by atoms with van der Waals surface area (Å²) in [5, 5.41) is 0. The van der Waals surface area contributed by atoms with Gasteiger partial charge in [0.1, 0.15) is 0 Å². The van der Waals surface area contributed by atoms with Crippen LogP contribution in [0.3, 0.4) is 0 Å². The summed E-state index contributed by atoms with van der Waals surface area (Å²) in [6.45, 7) is 4.74. The van der Waals surface area contributed by atoms with Crippen molar-refractivity contribution in [3.63, 3.8) is 0 Å². The first kappa shape index (κ1) is 26.7. The van der Waals surface area contributed by atoms with Gasteiger partial charge < -0.3 is 24.8 Å². The largest absolute Gasteiger partial charge is 1.00 e. The van der Waals surface area contributed by atoms with Gasteiger partial charge in [-0.15, -0.1) is 0 Å². The minimum atomic E-state index is -0.519. The molecule has 1 aromatic carbocycles. The van der Waals surface area contributed by atoms with Crippen molar-refractivity contribution in [2.45, 2.75) is 92.8 Å². The number of allylic oxidation sites excluding steroid dienone is 5. The number of hydrogen-bond acceptors (Lipinski definition) is 0. The van der Waals surface area contributed by atoms with Gasteiger partial charge in [0.15, 0.2) is 0 Å². The Bertz CT molecular complexity index is 886. The molecular formula is C28H37Cl2SiZr. The van der Waals surface area contributed by atoms with Gasteiger partial charge in [-0.2, -0.15) is 0 Å². The van der Waals surface area contributed by atoms with Gasteiger partial charge in [0.2, 0.25) is 0 Å². The first-order valence-electron chi connectivity index (χ1n) is 12.5. The van der Waals surface area contributed by atoms with E-state index >= 15 is 0 Å². The minimum absolute atomic E-state index is 0. The summed E-state index contributed by atoms with van der Waals surface area (Å²) >= 11 is -0.519. The number of fused-ring (bicyclic) bond motifs is 1. The van der Waals surface area contributed by atoms with Crippen LogP contribution in [0.1, 0.15) is 90.1 Å². The van der Waals surface area contributed by atoms with Gasteiger partial charge in [0.05, 0.1) is 0 Å². The maximum absolute atomic E-state index is 2.65. The SMILES string of the molecule is Cc1ccc(C)c2c1C=C(C1C=CC=C1)[CH]2[Zr+2]=[Si](C1CCCCC1)C1CCCCC1.[Cl-].[Cl-]. The summed E-state index contributed by atoms with van der Waals surface area (Å²) < 4.78 is 0.846. The Morgan fingerprint density at radius 1 is 0.750 bits per heavy atom. The molecule has 0 bridgehead atoms. The number of halogens is 2. The monoisotopic (exact) mass is 561 g/mol. The maximum Gasteiger partial charge on any atom is -1.00 e. The van der Waals surface area contributed by atoms with Crippen molar-refractivity contribution in [2.24, 2.45) is 5.92 Å². The average Bonchev–Trinajstić information content (AvgIpc) is 3.44. The molecule has 1 atom stereocenters. The Hall–Kier alpha value is 0.120. The second kappa shape index (κ2) is 12.2. The molecule has 0 amide bonds. The first-order valence-corrected chi connectivity index (χ1v) is 19.3. The smallest absolute Gasteiger partial charge is 1.00 e. The van der Waals surface area contributed by atoms with Crippen molar-refractivity contribution in [2.75, 3.05) is 0 Å². The van der Waals surface area contributed by atoms with Crippen LogP contribution in [0.5, 0.6) is 0 Å². The first-order chi connectivity index (χ1) is 14.7. The summed E-state index contributed by atoms with van der Waals surface area (Å²) in [6, 6.07) is 4.79. The van der Waals surface area contributed by atoms with E-state index in [4.69, 9.17) is 0 Å². The molecule has 5 rings (SSSR count). The van der Waals surface area contributed by atoms with Crippen LogP contribution in [-0.4, -0.2) is 5.43 Å². The average molecular weight is 564 g/mol. The molecule has 4 heteroatoms. The molecule has 0 nitrogen and oxygen atoms in total. The van der Waals surface area contributed by atoms with Crippen molar-refractivity contribution < 1.29 is 46.7 Å². The summed E-state index contributed by atoms with van der Waals surface area (Å²) in [4.78, 5) is 0. The van der Waals surface area contributed by atoms with E-state index in [1.54, 1.807) is 47.9 Å². The van der Waals surface area contributed by atoms with E-state index in [0.717, 1.165) is 14.7 Å². The molecule has 0 spiro atoms. The third-order valence-corrected chi connectivity index (χ3v) is 23.9. The Kier molecular flexibility index (Phi) is 10.2. The molecule has 1 aromatic rings. The fourth-order valence-electron chi connectivity index (χ4n) is 6.51.